The van der Waals surface area contributed by atoms with E-state index in [1.54, 1.807) is 21.3 Å². The van der Waals surface area contributed by atoms with Gasteiger partial charge in [-0.2, -0.15) is 0 Å². The fraction of sp³-hybridized carbons (Fsp3) is 0.342. The molecular formula is C76H97N5O5P4Si. The largest absolute Gasteiger partial charge is 0.500 e. The Labute approximate surface area is 551 Å². The summed E-state index contributed by atoms with van der Waals surface area (Å²) in [4.78, 5) is 34.6. The second kappa shape index (κ2) is 41.2. The molecule has 0 atom stereocenters. The Kier molecular flexibility index (Phi) is 32.2. The fourth-order valence-corrected chi connectivity index (χ4v) is 22.8. The highest BCUT2D eigenvalue weighted by Gasteiger charge is 2.37. The maximum Gasteiger partial charge on any atom is 0.500 e. The molecule has 15 heteroatoms. The number of rotatable bonds is 43. The topological polar surface area (TPSA) is 95.6 Å². The van der Waals surface area contributed by atoms with Crippen molar-refractivity contribution >= 4 is 94.7 Å². The highest BCUT2D eigenvalue weighted by Crippen LogP contribution is 2.42. The van der Waals surface area contributed by atoms with Gasteiger partial charge in [0.05, 0.1) is 0 Å². The standard InChI is InChI=1S/C76H97N5O5P4Si/c1-84-91(85-2,86-3)62-36-59-79(60-53-75(82)77-55-32-4-6-34-57-80(63-87(67-37-16-8-17-38-67)68-39-18-9-19-40-68)64-88(69-41-20-10-21-42-69)70-43-22-11-23-44-70)61-54-76(83)78-56-33-5-7-35-58-81(65-89(71-45-24-12-25-46-71)72-47-26-13-27-48-72)66-90(73-49-28-14-29-50-73)74-51-30-15-31-52-74/h8-31,37-52H,4-7,32-36,53-66H2,1-3H3,(H,77,82)(H,78,83). The molecule has 480 valence electrons. The summed E-state index contributed by atoms with van der Waals surface area (Å²) in [6.45, 7) is 5.16. The van der Waals surface area contributed by atoms with E-state index in [-0.39, 0.29) is 11.8 Å². The Morgan fingerprint density at radius 2 is 0.538 bits per heavy atom. The highest BCUT2D eigenvalue weighted by molar-refractivity contribution is 7.74. The molecule has 0 fully saturated rings. The third-order valence-electron chi connectivity index (χ3n) is 16.6. The molecule has 0 aliphatic carbocycles. The summed E-state index contributed by atoms with van der Waals surface area (Å²) in [5.74, 6) is 0.0923. The minimum absolute atomic E-state index is 0.0462. The van der Waals surface area contributed by atoms with Crippen LogP contribution in [0.25, 0.3) is 0 Å². The van der Waals surface area contributed by atoms with Crippen LogP contribution in [-0.2, 0) is 22.9 Å². The Morgan fingerprint density at radius 3 is 0.780 bits per heavy atom. The monoisotopic (exact) mass is 1310 g/mol. The van der Waals surface area contributed by atoms with Crippen molar-refractivity contribution in [1.82, 2.24) is 25.3 Å². The van der Waals surface area contributed by atoms with Gasteiger partial charge in [-0.05, 0) is 126 Å². The summed E-state index contributed by atoms with van der Waals surface area (Å²) in [6, 6.07) is 89.3. The number of carbonyl (C=O) groups excluding carboxylic acids is 2. The maximum atomic E-state index is 13.5. The van der Waals surface area contributed by atoms with E-state index in [0.717, 1.165) is 96.0 Å². The Morgan fingerprint density at radius 1 is 0.308 bits per heavy atom. The van der Waals surface area contributed by atoms with Gasteiger partial charge in [0.25, 0.3) is 0 Å². The molecule has 0 saturated carbocycles. The number of hydrogen-bond acceptors (Lipinski definition) is 8. The van der Waals surface area contributed by atoms with Crippen LogP contribution in [0.5, 0.6) is 0 Å². The van der Waals surface area contributed by atoms with Gasteiger partial charge in [-0.1, -0.05) is 268 Å². The molecule has 2 amide bonds. The zero-order valence-electron chi connectivity index (χ0n) is 54.0. The molecule has 0 aromatic heterocycles. The van der Waals surface area contributed by atoms with Gasteiger partial charge in [-0.25, -0.2) is 0 Å². The number of benzene rings is 8. The number of carbonyl (C=O) groups is 2. The van der Waals surface area contributed by atoms with Crippen LogP contribution in [0.4, 0.5) is 0 Å². The first kappa shape index (κ1) is 71.2. The molecule has 10 nitrogen and oxygen atoms in total. The minimum atomic E-state index is -2.78. The Balaban J connectivity index is 0.791. The third kappa shape index (κ3) is 24.7. The molecular weight excluding hydrogens is 1210 g/mol. The maximum absolute atomic E-state index is 13.5. The molecule has 0 saturated heterocycles. The van der Waals surface area contributed by atoms with Gasteiger partial charge in [-0.15, -0.1) is 0 Å². The average molecular weight is 1310 g/mol. The minimum Gasteiger partial charge on any atom is -0.377 e. The lowest BCUT2D eigenvalue weighted by atomic mass is 10.2. The summed E-state index contributed by atoms with van der Waals surface area (Å²) in [7, 11) is -0.266. The molecule has 2 N–H and O–H groups in total. The van der Waals surface area contributed by atoms with Crippen LogP contribution in [-0.4, -0.2) is 128 Å². The van der Waals surface area contributed by atoms with Gasteiger partial charge in [0, 0.05) is 91.5 Å². The summed E-state index contributed by atoms with van der Waals surface area (Å²) in [5.41, 5.74) is 0. The summed E-state index contributed by atoms with van der Waals surface area (Å²) < 4.78 is 17.2. The van der Waals surface area contributed by atoms with Crippen molar-refractivity contribution in [3.8, 4) is 0 Å². The van der Waals surface area contributed by atoms with Crippen LogP contribution in [0.15, 0.2) is 243 Å². The van der Waals surface area contributed by atoms with Crippen LogP contribution >= 0.6 is 31.7 Å². The second-order valence-electron chi connectivity index (χ2n) is 23.0. The van der Waals surface area contributed by atoms with E-state index in [0.29, 0.717) is 51.6 Å². The summed E-state index contributed by atoms with van der Waals surface area (Å²) in [6.07, 6.45) is 13.8. The summed E-state index contributed by atoms with van der Waals surface area (Å²) in [5, 5.41) is 17.7. The molecule has 0 bridgehead atoms. The van der Waals surface area contributed by atoms with Crippen LogP contribution in [0.3, 0.4) is 0 Å². The lowest BCUT2D eigenvalue weighted by Gasteiger charge is -2.32. The predicted octanol–water partition coefficient (Wildman–Crippen LogP) is 12.7. The van der Waals surface area contributed by atoms with Crippen LogP contribution in [0, 0.1) is 0 Å². The average Bonchev–Trinajstić information content (AvgIpc) is 3.75. The van der Waals surface area contributed by atoms with Gasteiger partial charge in [0.15, 0.2) is 0 Å². The van der Waals surface area contributed by atoms with E-state index in [1.165, 1.54) is 42.4 Å². The molecule has 0 heterocycles. The lowest BCUT2D eigenvalue weighted by molar-refractivity contribution is -0.121. The van der Waals surface area contributed by atoms with Crippen LogP contribution in [0.1, 0.15) is 70.6 Å². The molecule has 0 spiro atoms. The molecule has 0 unspecified atom stereocenters. The van der Waals surface area contributed by atoms with Crippen molar-refractivity contribution in [2.24, 2.45) is 0 Å². The zero-order chi connectivity index (χ0) is 63.4. The first-order valence-electron chi connectivity index (χ1n) is 32.7. The van der Waals surface area contributed by atoms with E-state index >= 15 is 0 Å². The normalized spacial score (nSPS) is 11.8. The van der Waals surface area contributed by atoms with Crippen molar-refractivity contribution < 1.29 is 22.9 Å². The third-order valence-corrected chi connectivity index (χ3v) is 29.5. The predicted molar refractivity (Wildman–Crippen MR) is 394 cm³/mol. The van der Waals surface area contributed by atoms with E-state index in [1.807, 2.05) is 0 Å². The van der Waals surface area contributed by atoms with Gasteiger partial charge < -0.3 is 28.8 Å². The quantitative estimate of drug-likeness (QED) is 0.0222. The second-order valence-corrected chi connectivity index (χ2v) is 34.8. The van der Waals surface area contributed by atoms with E-state index in [2.05, 4.69) is 268 Å². The van der Waals surface area contributed by atoms with E-state index < -0.39 is 40.5 Å². The van der Waals surface area contributed by atoms with Crippen LogP contribution in [0.2, 0.25) is 6.04 Å². The van der Waals surface area contributed by atoms with E-state index in [9.17, 15) is 9.59 Å². The Hall–Kier alpha value is -5.60. The number of nitrogens with zero attached hydrogens (tertiary/aromatic N) is 3. The molecule has 91 heavy (non-hydrogen) atoms. The molecule has 8 aromatic rings. The SMILES string of the molecule is CO[Si](CCCN(CCC(=O)NCCCCCCN(CP(c1ccccc1)c1ccccc1)CP(c1ccccc1)c1ccccc1)CCC(=O)NCCCCCCN(CP(c1ccccc1)c1ccccc1)CP(c1ccccc1)c1ccccc1)(OC)OC. The highest BCUT2D eigenvalue weighted by atomic mass is 31.1. The number of amides is 2. The van der Waals surface area contributed by atoms with Crippen molar-refractivity contribution in [1.29, 1.82) is 0 Å². The number of hydrogen-bond donors (Lipinski definition) is 2. The van der Waals surface area contributed by atoms with Crippen molar-refractivity contribution in [3.63, 3.8) is 0 Å². The van der Waals surface area contributed by atoms with E-state index in [4.69, 9.17) is 13.3 Å². The molecule has 0 radical (unpaired) electrons. The van der Waals surface area contributed by atoms with Gasteiger partial charge in [0.2, 0.25) is 11.8 Å². The molecule has 8 rings (SSSR count). The molecule has 0 aliphatic heterocycles. The lowest BCUT2D eigenvalue weighted by Crippen LogP contribution is -2.43. The van der Waals surface area contributed by atoms with Gasteiger partial charge in [0.1, 0.15) is 0 Å². The van der Waals surface area contributed by atoms with Crippen molar-refractivity contribution in [3.05, 3.63) is 243 Å². The number of nitrogens with one attached hydrogen (secondary N) is 2. The first-order chi connectivity index (χ1) is 44.8. The van der Waals surface area contributed by atoms with Gasteiger partial charge in [-0.3, -0.25) is 19.4 Å². The zero-order valence-corrected chi connectivity index (χ0v) is 58.6. The molecule has 0 aliphatic rings. The Bertz CT molecular complexity index is 2670. The summed E-state index contributed by atoms with van der Waals surface area (Å²) >= 11 is 0. The van der Waals surface area contributed by atoms with Crippen LogP contribution < -0.4 is 53.1 Å². The van der Waals surface area contributed by atoms with Gasteiger partial charge >= 0.3 is 8.80 Å². The number of unbranched alkanes of at least 4 members (excludes halogenated alkanes) is 6. The molecule has 8 aromatic carbocycles. The fourth-order valence-electron chi connectivity index (χ4n) is 11.5. The van der Waals surface area contributed by atoms with Crippen molar-refractivity contribution in [2.75, 3.05) is 92.3 Å². The first-order valence-corrected chi connectivity index (χ1v) is 40.7. The van der Waals surface area contributed by atoms with Crippen molar-refractivity contribution in [2.45, 2.75) is 76.7 Å². The smallest absolute Gasteiger partial charge is 0.377 e.